The van der Waals surface area contributed by atoms with Gasteiger partial charge in [0.25, 0.3) is 0 Å². The summed E-state index contributed by atoms with van der Waals surface area (Å²) >= 11 is 0. The van der Waals surface area contributed by atoms with Gasteiger partial charge in [-0.1, -0.05) is 24.5 Å². The molecule has 1 aliphatic rings. The molecule has 0 radical (unpaired) electrons. The van der Waals surface area contributed by atoms with Gasteiger partial charge in [-0.05, 0) is 39.0 Å². The first kappa shape index (κ1) is 9.79. The summed E-state index contributed by atoms with van der Waals surface area (Å²) in [7, 11) is 0. The molecular weight excluding hydrogens is 148 g/mol. The van der Waals surface area contributed by atoms with Gasteiger partial charge in [-0.25, -0.2) is 0 Å². The maximum Gasteiger partial charge on any atom is 0.0571 e. The maximum absolute atomic E-state index is 9.69. The highest BCUT2D eigenvalue weighted by Gasteiger charge is 2.22. The second kappa shape index (κ2) is 4.66. The molecule has 1 nitrogen and oxygen atoms in total. The second-order valence-electron chi connectivity index (χ2n) is 3.95. The predicted molar refractivity (Wildman–Crippen MR) is 52.0 cm³/mol. The Bertz CT molecular complexity index is 160. The molecular formula is C11H20O. The molecule has 1 heteroatoms. The lowest BCUT2D eigenvalue weighted by Gasteiger charge is -2.27. The molecule has 0 aliphatic heterocycles. The van der Waals surface area contributed by atoms with Crippen molar-refractivity contribution in [3.05, 3.63) is 11.6 Å². The van der Waals surface area contributed by atoms with E-state index in [1.165, 1.54) is 24.8 Å². The van der Waals surface area contributed by atoms with E-state index in [-0.39, 0.29) is 6.10 Å². The largest absolute Gasteiger partial charge is 0.393 e. The number of hydrogen-bond acceptors (Lipinski definition) is 1. The Morgan fingerprint density at radius 1 is 1.42 bits per heavy atom. The van der Waals surface area contributed by atoms with E-state index in [1.54, 1.807) is 0 Å². The van der Waals surface area contributed by atoms with Crippen molar-refractivity contribution >= 4 is 0 Å². The fourth-order valence-corrected chi connectivity index (χ4v) is 1.96. The molecule has 1 fully saturated rings. The Balaban J connectivity index is 2.39. The summed E-state index contributed by atoms with van der Waals surface area (Å²) in [5, 5.41) is 9.69. The average molecular weight is 168 g/mol. The minimum atomic E-state index is -0.0337. The highest BCUT2D eigenvalue weighted by atomic mass is 16.3. The van der Waals surface area contributed by atoms with Crippen molar-refractivity contribution in [3.63, 3.8) is 0 Å². The molecule has 0 aromatic rings. The molecule has 0 saturated heterocycles. The van der Waals surface area contributed by atoms with Crippen molar-refractivity contribution < 1.29 is 5.11 Å². The summed E-state index contributed by atoms with van der Waals surface area (Å²) in [4.78, 5) is 0. The summed E-state index contributed by atoms with van der Waals surface area (Å²) in [6.45, 7) is 4.23. The summed E-state index contributed by atoms with van der Waals surface area (Å²) < 4.78 is 0. The zero-order chi connectivity index (χ0) is 8.97. The van der Waals surface area contributed by atoms with Crippen LogP contribution in [0.15, 0.2) is 11.6 Å². The van der Waals surface area contributed by atoms with Crippen LogP contribution in [0.1, 0.15) is 46.0 Å². The van der Waals surface area contributed by atoms with Crippen molar-refractivity contribution in [2.75, 3.05) is 0 Å². The Morgan fingerprint density at radius 2 is 2.08 bits per heavy atom. The molecule has 1 rings (SSSR count). The summed E-state index contributed by atoms with van der Waals surface area (Å²) in [5.41, 5.74) is 1.42. The first-order valence-corrected chi connectivity index (χ1v) is 5.04. The summed E-state index contributed by atoms with van der Waals surface area (Å²) in [6, 6.07) is 0. The number of allylic oxidation sites excluding steroid dienone is 2. The molecule has 1 aliphatic carbocycles. The highest BCUT2D eigenvalue weighted by molar-refractivity contribution is 4.98. The van der Waals surface area contributed by atoms with Crippen LogP contribution in [0.5, 0.6) is 0 Å². The zero-order valence-electron chi connectivity index (χ0n) is 8.21. The quantitative estimate of drug-likeness (QED) is 0.629. The fourth-order valence-electron chi connectivity index (χ4n) is 1.96. The summed E-state index contributed by atoms with van der Waals surface area (Å²) in [5.74, 6) is 0.537. The molecule has 2 atom stereocenters. The van der Waals surface area contributed by atoms with Crippen molar-refractivity contribution in [2.24, 2.45) is 5.92 Å². The average Bonchev–Trinajstić information content (AvgIpc) is 2.09. The van der Waals surface area contributed by atoms with Crippen molar-refractivity contribution in [1.82, 2.24) is 0 Å². The standard InChI is InChI=1S/C11H20O/c1-3-9(2)8-10-6-4-5-7-11(10)12/h3,10-12H,4-8H2,1-2H3/b9-3+/t10-,11+/m1/s1. The smallest absolute Gasteiger partial charge is 0.0571 e. The van der Waals surface area contributed by atoms with E-state index in [1.807, 2.05) is 0 Å². The normalized spacial score (nSPS) is 32.1. The third kappa shape index (κ3) is 2.63. The van der Waals surface area contributed by atoms with Crippen LogP contribution in [0.2, 0.25) is 0 Å². The van der Waals surface area contributed by atoms with Crippen LogP contribution >= 0.6 is 0 Å². The molecule has 0 bridgehead atoms. The molecule has 1 N–H and O–H groups in total. The van der Waals surface area contributed by atoms with E-state index in [4.69, 9.17) is 0 Å². The minimum Gasteiger partial charge on any atom is -0.393 e. The second-order valence-corrected chi connectivity index (χ2v) is 3.95. The van der Waals surface area contributed by atoms with E-state index in [0.717, 1.165) is 12.8 Å². The van der Waals surface area contributed by atoms with E-state index >= 15 is 0 Å². The van der Waals surface area contributed by atoms with Crippen molar-refractivity contribution in [2.45, 2.75) is 52.1 Å². The lowest BCUT2D eigenvalue weighted by molar-refractivity contribution is 0.0700. The van der Waals surface area contributed by atoms with Crippen LogP contribution in [0.4, 0.5) is 0 Å². The number of hydrogen-bond donors (Lipinski definition) is 1. The van der Waals surface area contributed by atoms with Crippen LogP contribution in [0.25, 0.3) is 0 Å². The van der Waals surface area contributed by atoms with Gasteiger partial charge in [0.2, 0.25) is 0 Å². The zero-order valence-corrected chi connectivity index (χ0v) is 8.21. The van der Waals surface area contributed by atoms with E-state index < -0.39 is 0 Å². The first-order valence-electron chi connectivity index (χ1n) is 5.04. The van der Waals surface area contributed by atoms with E-state index in [9.17, 15) is 5.11 Å². The van der Waals surface area contributed by atoms with Gasteiger partial charge >= 0.3 is 0 Å². The molecule has 0 amide bonds. The first-order chi connectivity index (χ1) is 5.74. The lowest BCUT2D eigenvalue weighted by Crippen LogP contribution is -2.24. The predicted octanol–water partition coefficient (Wildman–Crippen LogP) is 2.89. The highest BCUT2D eigenvalue weighted by Crippen LogP contribution is 2.29. The molecule has 1 saturated carbocycles. The Kier molecular flexibility index (Phi) is 3.80. The fraction of sp³-hybridized carbons (Fsp3) is 0.818. The van der Waals surface area contributed by atoms with Crippen LogP contribution in [0, 0.1) is 5.92 Å². The van der Waals surface area contributed by atoms with Gasteiger partial charge < -0.3 is 5.11 Å². The van der Waals surface area contributed by atoms with Crippen LogP contribution in [0.3, 0.4) is 0 Å². The van der Waals surface area contributed by atoms with Gasteiger partial charge in [-0.3, -0.25) is 0 Å². The van der Waals surface area contributed by atoms with Gasteiger partial charge in [-0.2, -0.15) is 0 Å². The molecule has 0 heterocycles. The van der Waals surface area contributed by atoms with Crippen LogP contribution in [-0.4, -0.2) is 11.2 Å². The van der Waals surface area contributed by atoms with Gasteiger partial charge in [0, 0.05) is 0 Å². The SMILES string of the molecule is C/C=C(\C)C[C@H]1CCCC[C@@H]1O. The molecule has 0 unspecified atom stereocenters. The van der Waals surface area contributed by atoms with Gasteiger partial charge in [0.05, 0.1) is 6.10 Å². The topological polar surface area (TPSA) is 20.2 Å². The van der Waals surface area contributed by atoms with Gasteiger partial charge in [0.1, 0.15) is 0 Å². The lowest BCUT2D eigenvalue weighted by atomic mass is 9.82. The molecule has 0 aromatic carbocycles. The van der Waals surface area contributed by atoms with E-state index in [2.05, 4.69) is 19.9 Å². The van der Waals surface area contributed by atoms with Crippen LogP contribution in [-0.2, 0) is 0 Å². The number of rotatable bonds is 2. The third-order valence-electron chi connectivity index (χ3n) is 2.95. The van der Waals surface area contributed by atoms with Crippen molar-refractivity contribution in [1.29, 1.82) is 0 Å². The Labute approximate surface area is 75.5 Å². The van der Waals surface area contributed by atoms with Gasteiger partial charge in [0.15, 0.2) is 0 Å². The molecule has 0 aromatic heterocycles. The summed E-state index contributed by atoms with van der Waals surface area (Å²) in [6.07, 6.45) is 7.96. The number of aliphatic hydroxyl groups excluding tert-OH is 1. The third-order valence-corrected chi connectivity index (χ3v) is 2.95. The van der Waals surface area contributed by atoms with Gasteiger partial charge in [-0.15, -0.1) is 0 Å². The van der Waals surface area contributed by atoms with Crippen LogP contribution < -0.4 is 0 Å². The maximum atomic E-state index is 9.69. The Morgan fingerprint density at radius 3 is 2.67 bits per heavy atom. The minimum absolute atomic E-state index is 0.0337. The van der Waals surface area contributed by atoms with E-state index in [0.29, 0.717) is 5.92 Å². The van der Waals surface area contributed by atoms with Crippen molar-refractivity contribution in [3.8, 4) is 0 Å². The Hall–Kier alpha value is -0.300. The molecule has 0 spiro atoms. The molecule has 12 heavy (non-hydrogen) atoms. The monoisotopic (exact) mass is 168 g/mol. The molecule has 70 valence electrons. The number of aliphatic hydroxyl groups is 1.